The first-order valence-corrected chi connectivity index (χ1v) is 15.2. The Balaban J connectivity index is 0.922. The molecule has 0 spiro atoms. The zero-order chi connectivity index (χ0) is 27.3. The molecule has 6 rings (SSSR count). The van der Waals surface area contributed by atoms with Crippen molar-refractivity contribution in [3.8, 4) is 5.75 Å². The summed E-state index contributed by atoms with van der Waals surface area (Å²) in [4.78, 5) is 24.9. The Hall–Kier alpha value is -3.38. The van der Waals surface area contributed by atoms with Gasteiger partial charge in [-0.05, 0) is 91.9 Å². The minimum atomic E-state index is 0.112. The monoisotopic (exact) mass is 538 g/mol. The Labute approximate surface area is 238 Å². The largest absolute Gasteiger partial charge is 0.493 e. The molecule has 3 aromatic carbocycles. The van der Waals surface area contributed by atoms with Crippen molar-refractivity contribution < 1.29 is 9.53 Å². The molecule has 0 saturated carbocycles. The van der Waals surface area contributed by atoms with Gasteiger partial charge in [0, 0.05) is 44.6 Å². The molecule has 0 bridgehead atoms. The van der Waals surface area contributed by atoms with Crippen LogP contribution >= 0.6 is 0 Å². The van der Waals surface area contributed by atoms with E-state index in [9.17, 15) is 4.79 Å². The van der Waals surface area contributed by atoms with Gasteiger partial charge >= 0.3 is 0 Å². The predicted molar refractivity (Wildman–Crippen MR) is 165 cm³/mol. The highest BCUT2D eigenvalue weighted by atomic mass is 16.5. The highest BCUT2D eigenvalue weighted by molar-refractivity contribution is 6.06. The van der Waals surface area contributed by atoms with Crippen LogP contribution in [0.2, 0.25) is 0 Å². The molecule has 0 unspecified atom stereocenters. The normalized spacial score (nSPS) is 19.1. The van der Waals surface area contributed by atoms with Crippen LogP contribution in [0.15, 0.2) is 59.6 Å². The zero-order valence-corrected chi connectivity index (χ0v) is 23.9. The highest BCUT2D eigenvalue weighted by Crippen LogP contribution is 2.35. The minimum absolute atomic E-state index is 0.112. The minimum Gasteiger partial charge on any atom is -0.493 e. The number of para-hydroxylation sites is 1. The Morgan fingerprint density at radius 2 is 1.65 bits per heavy atom. The number of carbonyl (C=O) groups excluding carboxylic acids is 1. The second-order valence-electron chi connectivity index (χ2n) is 11.6. The molecule has 2 saturated heterocycles. The first kappa shape index (κ1) is 26.8. The quantitative estimate of drug-likeness (QED) is 0.272. The number of aliphatic imine (C=N–C) groups is 1. The first-order valence-electron chi connectivity index (χ1n) is 15.2. The molecule has 3 aromatic rings. The molecule has 40 heavy (non-hydrogen) atoms. The van der Waals surface area contributed by atoms with E-state index in [0.29, 0.717) is 0 Å². The van der Waals surface area contributed by atoms with Crippen LogP contribution in [0.4, 0.5) is 11.4 Å². The average Bonchev–Trinajstić information content (AvgIpc) is 3.42. The van der Waals surface area contributed by atoms with E-state index in [1.165, 1.54) is 37.9 Å². The zero-order valence-electron chi connectivity index (χ0n) is 23.9. The number of amides is 1. The number of aryl methyl sites for hydroxylation is 1. The Bertz CT molecular complexity index is 1350. The predicted octanol–water partition coefficient (Wildman–Crippen LogP) is 6.62. The van der Waals surface area contributed by atoms with E-state index in [-0.39, 0.29) is 11.9 Å². The molecule has 2 fully saturated rings. The fourth-order valence-corrected chi connectivity index (χ4v) is 6.40. The summed E-state index contributed by atoms with van der Waals surface area (Å²) in [5.74, 6) is 1.05. The van der Waals surface area contributed by atoms with Gasteiger partial charge in [-0.1, -0.05) is 37.5 Å². The van der Waals surface area contributed by atoms with E-state index < -0.39 is 0 Å². The molecule has 210 valence electrons. The van der Waals surface area contributed by atoms with Gasteiger partial charge in [0.1, 0.15) is 5.75 Å². The highest BCUT2D eigenvalue weighted by Gasteiger charge is 2.31. The number of fused-ring (bicyclic) bond motifs is 3. The molecular weight excluding hydrogens is 496 g/mol. The molecular formula is C34H42N4O2. The van der Waals surface area contributed by atoms with Crippen LogP contribution in [-0.2, 0) is 0 Å². The summed E-state index contributed by atoms with van der Waals surface area (Å²) in [5.41, 5.74) is 3.96. The third kappa shape index (κ3) is 6.02. The average molecular weight is 539 g/mol. The maximum absolute atomic E-state index is 13.1. The number of hydrogen-bond acceptors (Lipinski definition) is 5. The topological polar surface area (TPSA) is 48.4 Å². The van der Waals surface area contributed by atoms with E-state index in [1.807, 2.05) is 17.2 Å². The van der Waals surface area contributed by atoms with Gasteiger partial charge in [0.2, 0.25) is 0 Å². The first-order chi connectivity index (χ1) is 19.7. The molecule has 0 radical (unpaired) electrons. The van der Waals surface area contributed by atoms with Crippen LogP contribution in [0.3, 0.4) is 0 Å². The third-order valence-corrected chi connectivity index (χ3v) is 8.79. The van der Waals surface area contributed by atoms with Crippen molar-refractivity contribution in [2.24, 2.45) is 4.99 Å². The molecule has 6 heteroatoms. The van der Waals surface area contributed by atoms with Crippen molar-refractivity contribution in [2.75, 3.05) is 50.8 Å². The Morgan fingerprint density at radius 1 is 0.875 bits per heavy atom. The van der Waals surface area contributed by atoms with Crippen LogP contribution in [0.5, 0.6) is 5.75 Å². The fourth-order valence-electron chi connectivity index (χ4n) is 6.40. The van der Waals surface area contributed by atoms with Crippen LogP contribution < -0.4 is 9.64 Å². The number of ether oxygens (including phenoxy) is 1. The van der Waals surface area contributed by atoms with Gasteiger partial charge in [-0.2, -0.15) is 0 Å². The van der Waals surface area contributed by atoms with Crippen LogP contribution in [-0.4, -0.2) is 73.8 Å². The second kappa shape index (κ2) is 12.4. The van der Waals surface area contributed by atoms with Gasteiger partial charge in [-0.3, -0.25) is 14.7 Å². The lowest BCUT2D eigenvalue weighted by Gasteiger charge is -2.36. The second-order valence-corrected chi connectivity index (χ2v) is 11.6. The maximum atomic E-state index is 13.1. The van der Waals surface area contributed by atoms with Gasteiger partial charge in [0.05, 0.1) is 23.9 Å². The molecule has 3 aliphatic rings. The van der Waals surface area contributed by atoms with Crippen LogP contribution in [0.25, 0.3) is 10.8 Å². The molecule has 1 atom stereocenters. The van der Waals surface area contributed by atoms with Crippen molar-refractivity contribution in [1.29, 1.82) is 0 Å². The van der Waals surface area contributed by atoms with E-state index in [4.69, 9.17) is 9.73 Å². The van der Waals surface area contributed by atoms with Crippen LogP contribution in [0.1, 0.15) is 60.9 Å². The number of nitrogens with zero attached hydrogens (tertiary/aromatic N) is 4. The summed E-state index contributed by atoms with van der Waals surface area (Å²) in [5, 5.41) is 2.15. The SMILES string of the molecule is Cc1cc2cc3c(cc2cc1OCCCCCCCN1CCN(c2ccccc2)CC1)N=C[C@@H]1CCCN1C3=O. The van der Waals surface area contributed by atoms with Crippen molar-refractivity contribution >= 4 is 34.3 Å². The van der Waals surface area contributed by atoms with Gasteiger partial charge in [0.25, 0.3) is 5.91 Å². The lowest BCUT2D eigenvalue weighted by molar-refractivity contribution is 0.0775. The molecule has 0 aliphatic carbocycles. The lowest BCUT2D eigenvalue weighted by atomic mass is 10.0. The Morgan fingerprint density at radius 3 is 2.50 bits per heavy atom. The van der Waals surface area contributed by atoms with Gasteiger partial charge < -0.3 is 14.5 Å². The summed E-state index contributed by atoms with van der Waals surface area (Å²) in [6.45, 7) is 9.46. The third-order valence-electron chi connectivity index (χ3n) is 8.79. The smallest absolute Gasteiger partial charge is 0.256 e. The molecule has 3 aliphatic heterocycles. The summed E-state index contributed by atoms with van der Waals surface area (Å²) in [6.07, 6.45) is 10.1. The van der Waals surface area contributed by atoms with E-state index in [2.05, 4.69) is 65.3 Å². The number of carbonyl (C=O) groups is 1. The fraction of sp³-hybridized carbons (Fsp3) is 0.471. The maximum Gasteiger partial charge on any atom is 0.256 e. The summed E-state index contributed by atoms with van der Waals surface area (Å²) >= 11 is 0. The standard InChI is InChI=1S/C34H42N4O2/c1-26-21-27-22-31-32(35-25-30-13-10-15-38(30)34(31)39)23-28(27)24-33(26)40-20-9-4-2-3-8-14-36-16-18-37(19-17-36)29-11-6-5-7-12-29/h5-7,11-12,21-25,30H,2-4,8-10,13-20H2,1H3/t30-/m0/s1. The van der Waals surface area contributed by atoms with Gasteiger partial charge in [0.15, 0.2) is 0 Å². The molecule has 0 N–H and O–H groups in total. The van der Waals surface area contributed by atoms with Crippen molar-refractivity contribution in [3.05, 3.63) is 65.7 Å². The number of hydrogen-bond donors (Lipinski definition) is 0. The van der Waals surface area contributed by atoms with E-state index in [1.54, 1.807) is 0 Å². The van der Waals surface area contributed by atoms with Crippen LogP contribution in [0, 0.1) is 6.92 Å². The van der Waals surface area contributed by atoms with Gasteiger partial charge in [-0.15, -0.1) is 0 Å². The molecule has 3 heterocycles. The van der Waals surface area contributed by atoms with Crippen molar-refractivity contribution in [3.63, 3.8) is 0 Å². The number of benzene rings is 3. The number of rotatable bonds is 10. The summed E-state index contributed by atoms with van der Waals surface area (Å²) < 4.78 is 6.22. The molecule has 0 aromatic heterocycles. The molecule has 1 amide bonds. The number of anilines is 1. The molecule has 6 nitrogen and oxygen atoms in total. The van der Waals surface area contributed by atoms with Crippen molar-refractivity contribution in [2.45, 2.75) is 57.9 Å². The number of unbranched alkanes of at least 4 members (excludes halogenated alkanes) is 4. The summed E-state index contributed by atoms with van der Waals surface area (Å²) in [6, 6.07) is 19.3. The van der Waals surface area contributed by atoms with Crippen molar-refractivity contribution in [1.82, 2.24) is 9.80 Å². The summed E-state index contributed by atoms with van der Waals surface area (Å²) in [7, 11) is 0. The Kier molecular flexibility index (Phi) is 8.33. The number of piperazine rings is 1. The lowest BCUT2D eigenvalue weighted by Crippen LogP contribution is -2.46. The van der Waals surface area contributed by atoms with E-state index in [0.717, 1.165) is 91.9 Å². The van der Waals surface area contributed by atoms with Gasteiger partial charge in [-0.25, -0.2) is 0 Å². The van der Waals surface area contributed by atoms with E-state index >= 15 is 0 Å².